The molecular formula is C17H21N5O3. The lowest BCUT2D eigenvalue weighted by atomic mass is 10.1. The number of aromatic nitrogens is 3. The number of amides is 2. The lowest BCUT2D eigenvalue weighted by Gasteiger charge is -2.33. The number of nitrogens with zero attached hydrogens (tertiary/aromatic N) is 4. The van der Waals surface area contributed by atoms with Gasteiger partial charge < -0.3 is 15.0 Å². The van der Waals surface area contributed by atoms with Crippen molar-refractivity contribution in [3.8, 4) is 0 Å². The van der Waals surface area contributed by atoms with Gasteiger partial charge in [-0.05, 0) is 24.6 Å². The average Bonchev–Trinajstić information content (AvgIpc) is 3.09. The molecule has 3 rings (SSSR count). The lowest BCUT2D eigenvalue weighted by Crippen LogP contribution is -2.47. The summed E-state index contributed by atoms with van der Waals surface area (Å²) in [5.41, 5.74) is 2.26. The molecule has 2 aromatic heterocycles. The third kappa shape index (κ3) is 3.69. The molecule has 0 spiro atoms. The van der Waals surface area contributed by atoms with Crippen LogP contribution >= 0.6 is 0 Å². The van der Waals surface area contributed by atoms with Gasteiger partial charge in [0.15, 0.2) is 0 Å². The lowest BCUT2D eigenvalue weighted by molar-refractivity contribution is -0.125. The predicted molar refractivity (Wildman–Crippen MR) is 89.9 cm³/mol. The van der Waals surface area contributed by atoms with Crippen LogP contribution in [0.2, 0.25) is 0 Å². The number of nitrogens with one attached hydrogen (secondary N) is 1. The van der Waals surface area contributed by atoms with Crippen molar-refractivity contribution in [3.05, 3.63) is 47.5 Å². The van der Waals surface area contributed by atoms with Gasteiger partial charge in [-0.2, -0.15) is 5.10 Å². The first-order chi connectivity index (χ1) is 12.1. The van der Waals surface area contributed by atoms with E-state index in [1.807, 2.05) is 13.0 Å². The van der Waals surface area contributed by atoms with Crippen molar-refractivity contribution in [1.82, 2.24) is 25.0 Å². The summed E-state index contributed by atoms with van der Waals surface area (Å²) >= 11 is 0. The van der Waals surface area contributed by atoms with Crippen molar-refractivity contribution < 1.29 is 14.3 Å². The van der Waals surface area contributed by atoms with Crippen molar-refractivity contribution in [1.29, 1.82) is 0 Å². The van der Waals surface area contributed by atoms with Crippen molar-refractivity contribution in [2.45, 2.75) is 19.5 Å². The third-order valence-corrected chi connectivity index (χ3v) is 4.11. The van der Waals surface area contributed by atoms with Gasteiger partial charge in [-0.1, -0.05) is 0 Å². The van der Waals surface area contributed by atoms with E-state index < -0.39 is 6.04 Å². The number of hydrogen-bond acceptors (Lipinski definition) is 5. The SMILES string of the molecule is COCCNC(=O)[C@H]1CN(C(=O)c2cncc(C)c2)Cc2ccnn21. The zero-order chi connectivity index (χ0) is 17.8. The molecule has 8 heteroatoms. The first-order valence-corrected chi connectivity index (χ1v) is 8.10. The zero-order valence-corrected chi connectivity index (χ0v) is 14.3. The number of carbonyl (C=O) groups is 2. The second-order valence-corrected chi connectivity index (χ2v) is 6.00. The van der Waals surface area contributed by atoms with E-state index in [0.29, 0.717) is 25.3 Å². The molecule has 0 bridgehead atoms. The predicted octanol–water partition coefficient (Wildman–Crippen LogP) is 0.546. The van der Waals surface area contributed by atoms with Gasteiger partial charge in [0.05, 0.1) is 31.0 Å². The van der Waals surface area contributed by atoms with E-state index in [1.54, 1.807) is 41.3 Å². The van der Waals surface area contributed by atoms with E-state index in [9.17, 15) is 9.59 Å². The Morgan fingerprint density at radius 3 is 3.00 bits per heavy atom. The van der Waals surface area contributed by atoms with E-state index in [1.165, 1.54) is 0 Å². The fourth-order valence-electron chi connectivity index (χ4n) is 2.89. The number of fused-ring (bicyclic) bond motifs is 1. The molecule has 2 aromatic rings. The fourth-order valence-corrected chi connectivity index (χ4v) is 2.89. The Balaban J connectivity index is 1.79. The minimum absolute atomic E-state index is 0.140. The molecule has 1 aliphatic rings. The van der Waals surface area contributed by atoms with E-state index in [0.717, 1.165) is 11.3 Å². The van der Waals surface area contributed by atoms with E-state index in [4.69, 9.17) is 4.74 Å². The Bertz CT molecular complexity index is 773. The van der Waals surface area contributed by atoms with Crippen molar-refractivity contribution in [2.75, 3.05) is 26.8 Å². The summed E-state index contributed by atoms with van der Waals surface area (Å²) in [7, 11) is 1.58. The molecule has 0 saturated carbocycles. The Morgan fingerprint density at radius 1 is 1.40 bits per heavy atom. The summed E-state index contributed by atoms with van der Waals surface area (Å²) < 4.78 is 6.63. The van der Waals surface area contributed by atoms with Crippen LogP contribution < -0.4 is 5.32 Å². The van der Waals surface area contributed by atoms with Crippen LogP contribution in [-0.2, 0) is 16.1 Å². The van der Waals surface area contributed by atoms with Crippen molar-refractivity contribution in [2.24, 2.45) is 0 Å². The highest BCUT2D eigenvalue weighted by atomic mass is 16.5. The molecule has 0 fully saturated rings. The highest BCUT2D eigenvalue weighted by molar-refractivity contribution is 5.94. The number of ether oxygens (including phenoxy) is 1. The van der Waals surface area contributed by atoms with Crippen LogP contribution in [0.5, 0.6) is 0 Å². The van der Waals surface area contributed by atoms with Gasteiger partial charge in [0.2, 0.25) is 5.91 Å². The molecule has 0 unspecified atom stereocenters. The highest BCUT2D eigenvalue weighted by Crippen LogP contribution is 2.22. The number of rotatable bonds is 5. The monoisotopic (exact) mass is 343 g/mol. The molecule has 8 nitrogen and oxygen atoms in total. The van der Waals surface area contributed by atoms with E-state index in [2.05, 4.69) is 15.4 Å². The van der Waals surface area contributed by atoms with Crippen LogP contribution in [-0.4, -0.2) is 58.3 Å². The van der Waals surface area contributed by atoms with E-state index in [-0.39, 0.29) is 18.4 Å². The maximum absolute atomic E-state index is 12.8. The van der Waals surface area contributed by atoms with Crippen molar-refractivity contribution >= 4 is 11.8 Å². The van der Waals surface area contributed by atoms with Crippen LogP contribution in [0.1, 0.15) is 27.7 Å². The Hall–Kier alpha value is -2.74. The molecule has 132 valence electrons. The summed E-state index contributed by atoms with van der Waals surface area (Å²) in [6.45, 7) is 3.41. The molecule has 0 radical (unpaired) electrons. The van der Waals surface area contributed by atoms with Gasteiger partial charge in [-0.15, -0.1) is 0 Å². The van der Waals surface area contributed by atoms with Gasteiger partial charge in [-0.3, -0.25) is 19.3 Å². The summed E-state index contributed by atoms with van der Waals surface area (Å²) in [4.78, 5) is 31.1. The van der Waals surface area contributed by atoms with Crippen LogP contribution in [0.25, 0.3) is 0 Å². The van der Waals surface area contributed by atoms with Crippen molar-refractivity contribution in [3.63, 3.8) is 0 Å². The Kier molecular flexibility index (Phi) is 5.08. The average molecular weight is 343 g/mol. The molecule has 3 heterocycles. The number of pyridine rings is 1. The molecule has 0 aromatic carbocycles. The largest absolute Gasteiger partial charge is 0.383 e. The first-order valence-electron chi connectivity index (χ1n) is 8.10. The second kappa shape index (κ2) is 7.43. The van der Waals surface area contributed by atoms with Gasteiger partial charge in [0.1, 0.15) is 6.04 Å². The summed E-state index contributed by atoms with van der Waals surface area (Å²) in [5.74, 6) is -0.319. The summed E-state index contributed by atoms with van der Waals surface area (Å²) in [6.07, 6.45) is 4.90. The second-order valence-electron chi connectivity index (χ2n) is 6.00. The minimum Gasteiger partial charge on any atom is -0.383 e. The van der Waals surface area contributed by atoms with Crippen LogP contribution in [0.15, 0.2) is 30.7 Å². The molecule has 1 N–H and O–H groups in total. The molecule has 0 aliphatic carbocycles. The topological polar surface area (TPSA) is 89.3 Å². The maximum atomic E-state index is 12.8. The third-order valence-electron chi connectivity index (χ3n) is 4.11. The number of hydrogen-bond donors (Lipinski definition) is 1. The molecular weight excluding hydrogens is 322 g/mol. The van der Waals surface area contributed by atoms with Gasteiger partial charge in [-0.25, -0.2) is 0 Å². The van der Waals surface area contributed by atoms with E-state index >= 15 is 0 Å². The van der Waals surface area contributed by atoms with Crippen LogP contribution in [0, 0.1) is 6.92 Å². The molecule has 1 atom stereocenters. The Morgan fingerprint density at radius 2 is 2.24 bits per heavy atom. The standard InChI is InChI=1S/C17H21N5O3/c1-12-7-13(9-18-8-12)17(24)21-10-14-3-4-20-22(14)15(11-21)16(23)19-5-6-25-2/h3-4,7-9,15H,5-6,10-11H2,1-2H3,(H,19,23)/t15-/m1/s1. The molecule has 0 saturated heterocycles. The minimum atomic E-state index is -0.558. The van der Waals surface area contributed by atoms with Gasteiger partial charge >= 0.3 is 0 Å². The normalized spacial score (nSPS) is 16.4. The van der Waals surface area contributed by atoms with Gasteiger partial charge in [0.25, 0.3) is 5.91 Å². The summed E-state index contributed by atoms with van der Waals surface area (Å²) in [5, 5.41) is 7.06. The smallest absolute Gasteiger partial charge is 0.255 e. The number of methoxy groups -OCH3 is 1. The number of aryl methyl sites for hydroxylation is 1. The summed E-state index contributed by atoms with van der Waals surface area (Å²) in [6, 6.07) is 3.07. The fraction of sp³-hybridized carbons (Fsp3) is 0.412. The Labute approximate surface area is 145 Å². The number of carbonyl (C=O) groups excluding carboxylic acids is 2. The molecule has 2 amide bonds. The van der Waals surface area contributed by atoms with Crippen LogP contribution in [0.3, 0.4) is 0 Å². The zero-order valence-electron chi connectivity index (χ0n) is 14.3. The highest BCUT2D eigenvalue weighted by Gasteiger charge is 2.33. The maximum Gasteiger partial charge on any atom is 0.255 e. The van der Waals surface area contributed by atoms with Gasteiger partial charge in [0, 0.05) is 32.2 Å². The quantitative estimate of drug-likeness (QED) is 0.801. The van der Waals surface area contributed by atoms with Crippen LogP contribution in [0.4, 0.5) is 0 Å². The molecule has 25 heavy (non-hydrogen) atoms. The molecule has 1 aliphatic heterocycles. The first kappa shape index (κ1) is 17.1.